The van der Waals surface area contributed by atoms with Crippen molar-refractivity contribution >= 4 is 5.69 Å². The van der Waals surface area contributed by atoms with Crippen molar-refractivity contribution in [1.29, 1.82) is 0 Å². The van der Waals surface area contributed by atoms with Gasteiger partial charge in [-0.05, 0) is 36.4 Å². The summed E-state index contributed by atoms with van der Waals surface area (Å²) < 4.78 is 26.6. The highest BCUT2D eigenvalue weighted by atomic mass is 19.1. The molecule has 0 aliphatic carbocycles. The van der Waals surface area contributed by atoms with Crippen LogP contribution in [0.15, 0.2) is 42.5 Å². The van der Waals surface area contributed by atoms with Crippen LogP contribution in [0.2, 0.25) is 0 Å². The van der Waals surface area contributed by atoms with Gasteiger partial charge in [-0.2, -0.15) is 0 Å². The average Bonchev–Trinajstić information content (AvgIpc) is 2.39. The molecule has 90 valence electrons. The summed E-state index contributed by atoms with van der Waals surface area (Å²) in [4.78, 5) is 0. The van der Waals surface area contributed by atoms with Crippen molar-refractivity contribution in [3.8, 4) is 11.8 Å². The highest BCUT2D eigenvalue weighted by molar-refractivity contribution is 5.50. The Balaban J connectivity index is 2.31. The van der Waals surface area contributed by atoms with Gasteiger partial charge in [0.05, 0.1) is 5.56 Å². The third-order valence-electron chi connectivity index (χ3n) is 2.47. The number of hydrogen-bond donors (Lipinski definition) is 1. The molecular weight excluding hydrogens is 232 g/mol. The first-order chi connectivity index (χ1) is 8.70. The molecule has 18 heavy (non-hydrogen) atoms. The zero-order valence-corrected chi connectivity index (χ0v) is 9.80. The number of benzene rings is 2. The van der Waals surface area contributed by atoms with Crippen LogP contribution in [0.4, 0.5) is 14.5 Å². The molecular formula is C15H11F2N. The van der Waals surface area contributed by atoms with Gasteiger partial charge in [0.25, 0.3) is 0 Å². The third kappa shape index (κ3) is 2.67. The predicted molar refractivity (Wildman–Crippen MR) is 68.3 cm³/mol. The topological polar surface area (TPSA) is 12.0 Å². The zero-order chi connectivity index (χ0) is 13.0. The first kappa shape index (κ1) is 12.1. The molecule has 0 saturated heterocycles. The van der Waals surface area contributed by atoms with Crippen molar-refractivity contribution in [1.82, 2.24) is 0 Å². The lowest BCUT2D eigenvalue weighted by Crippen LogP contribution is -1.89. The second-order valence-electron chi connectivity index (χ2n) is 3.67. The van der Waals surface area contributed by atoms with Gasteiger partial charge in [0.2, 0.25) is 0 Å². The van der Waals surface area contributed by atoms with Gasteiger partial charge < -0.3 is 5.32 Å². The number of rotatable bonds is 1. The zero-order valence-electron chi connectivity index (χ0n) is 9.80. The van der Waals surface area contributed by atoms with Crippen LogP contribution in [0, 0.1) is 23.5 Å². The van der Waals surface area contributed by atoms with Crippen LogP contribution in [-0.2, 0) is 0 Å². The lowest BCUT2D eigenvalue weighted by atomic mass is 10.1. The van der Waals surface area contributed by atoms with E-state index in [1.807, 2.05) is 19.2 Å². The summed E-state index contributed by atoms with van der Waals surface area (Å²) >= 11 is 0. The van der Waals surface area contributed by atoms with Crippen LogP contribution in [-0.4, -0.2) is 7.05 Å². The van der Waals surface area contributed by atoms with E-state index in [2.05, 4.69) is 17.2 Å². The second-order valence-corrected chi connectivity index (χ2v) is 3.67. The van der Waals surface area contributed by atoms with Crippen molar-refractivity contribution in [3.05, 3.63) is 65.2 Å². The minimum atomic E-state index is -0.644. The molecule has 0 spiro atoms. The lowest BCUT2D eigenvalue weighted by Gasteiger charge is -1.98. The Morgan fingerprint density at radius 3 is 2.06 bits per heavy atom. The second kappa shape index (κ2) is 5.33. The fourth-order valence-corrected chi connectivity index (χ4v) is 1.47. The van der Waals surface area contributed by atoms with Crippen LogP contribution in [0.3, 0.4) is 0 Å². The van der Waals surface area contributed by atoms with E-state index in [0.29, 0.717) is 5.56 Å². The number of halogens is 2. The first-order valence-electron chi connectivity index (χ1n) is 5.44. The maximum atomic E-state index is 13.3. The molecule has 0 atom stereocenters. The molecule has 0 radical (unpaired) electrons. The Morgan fingerprint density at radius 1 is 0.889 bits per heavy atom. The average molecular weight is 243 g/mol. The van der Waals surface area contributed by atoms with Crippen LogP contribution in [0.1, 0.15) is 11.1 Å². The van der Waals surface area contributed by atoms with E-state index in [9.17, 15) is 8.78 Å². The maximum Gasteiger partial charge on any atom is 0.141 e. The fourth-order valence-electron chi connectivity index (χ4n) is 1.47. The fraction of sp³-hybridized carbons (Fsp3) is 0.0667. The number of nitrogens with one attached hydrogen (secondary N) is 1. The predicted octanol–water partition coefficient (Wildman–Crippen LogP) is 3.41. The van der Waals surface area contributed by atoms with Crippen LogP contribution >= 0.6 is 0 Å². The van der Waals surface area contributed by atoms with Gasteiger partial charge in [-0.25, -0.2) is 8.78 Å². The van der Waals surface area contributed by atoms with Crippen LogP contribution in [0.5, 0.6) is 0 Å². The van der Waals surface area contributed by atoms with Crippen molar-refractivity contribution in [2.75, 3.05) is 12.4 Å². The highest BCUT2D eigenvalue weighted by Gasteiger charge is 2.04. The smallest absolute Gasteiger partial charge is 0.141 e. The molecule has 0 heterocycles. The summed E-state index contributed by atoms with van der Waals surface area (Å²) in [6, 6.07) is 11.0. The lowest BCUT2D eigenvalue weighted by molar-refractivity contribution is 0.577. The van der Waals surface area contributed by atoms with Crippen molar-refractivity contribution < 1.29 is 8.78 Å². The number of anilines is 1. The molecule has 0 aliphatic heterocycles. The maximum absolute atomic E-state index is 13.3. The highest BCUT2D eigenvalue weighted by Crippen LogP contribution is 2.11. The summed E-state index contributed by atoms with van der Waals surface area (Å²) in [6.07, 6.45) is 0. The van der Waals surface area contributed by atoms with Gasteiger partial charge in [0.15, 0.2) is 0 Å². The van der Waals surface area contributed by atoms with Gasteiger partial charge >= 0.3 is 0 Å². The van der Waals surface area contributed by atoms with E-state index in [-0.39, 0.29) is 5.56 Å². The first-order valence-corrected chi connectivity index (χ1v) is 5.44. The van der Waals surface area contributed by atoms with Gasteiger partial charge in [-0.3, -0.25) is 0 Å². The van der Waals surface area contributed by atoms with E-state index in [1.165, 1.54) is 18.2 Å². The third-order valence-corrected chi connectivity index (χ3v) is 2.47. The van der Waals surface area contributed by atoms with E-state index in [1.54, 1.807) is 12.1 Å². The Labute approximate surface area is 104 Å². The summed E-state index contributed by atoms with van der Waals surface area (Å²) in [5, 5.41) is 2.98. The molecule has 3 heteroatoms. The van der Waals surface area contributed by atoms with Gasteiger partial charge in [-0.15, -0.1) is 0 Å². The summed E-state index contributed by atoms with van der Waals surface area (Å²) in [5.74, 6) is 3.96. The molecule has 1 N–H and O–H groups in total. The Kier molecular flexibility index (Phi) is 3.59. The van der Waals surface area contributed by atoms with Crippen molar-refractivity contribution in [3.63, 3.8) is 0 Å². The normalized spacial score (nSPS) is 9.50. The van der Waals surface area contributed by atoms with Crippen LogP contribution in [0.25, 0.3) is 0 Å². The molecule has 0 amide bonds. The van der Waals surface area contributed by atoms with E-state index in [0.717, 1.165) is 5.69 Å². The van der Waals surface area contributed by atoms with E-state index in [4.69, 9.17) is 0 Å². The van der Waals surface area contributed by atoms with Gasteiger partial charge in [0, 0.05) is 18.3 Å². The molecule has 0 aliphatic rings. The monoisotopic (exact) mass is 243 g/mol. The molecule has 2 aromatic carbocycles. The molecule has 0 saturated carbocycles. The summed E-state index contributed by atoms with van der Waals surface area (Å²) in [6.45, 7) is 0. The van der Waals surface area contributed by atoms with Gasteiger partial charge in [-0.1, -0.05) is 17.9 Å². The molecule has 0 fully saturated rings. The molecule has 1 nitrogen and oxygen atoms in total. The SMILES string of the molecule is CNc1ccc(C#Cc2c(F)cccc2F)cc1. The molecule has 2 aromatic rings. The quantitative estimate of drug-likeness (QED) is 0.757. The number of hydrogen-bond acceptors (Lipinski definition) is 1. The molecule has 2 rings (SSSR count). The molecule has 0 bridgehead atoms. The standard InChI is InChI=1S/C15H11F2N/c1-18-12-8-5-11(6-9-12)7-10-13-14(16)3-2-4-15(13)17/h2-6,8-9,18H,1H3. The largest absolute Gasteiger partial charge is 0.388 e. The Hall–Kier alpha value is -2.34. The minimum Gasteiger partial charge on any atom is -0.388 e. The summed E-state index contributed by atoms with van der Waals surface area (Å²) in [5.41, 5.74) is 1.46. The van der Waals surface area contributed by atoms with Crippen molar-refractivity contribution in [2.45, 2.75) is 0 Å². The minimum absolute atomic E-state index is 0.199. The van der Waals surface area contributed by atoms with E-state index >= 15 is 0 Å². The van der Waals surface area contributed by atoms with E-state index < -0.39 is 11.6 Å². The molecule has 0 aromatic heterocycles. The summed E-state index contributed by atoms with van der Waals surface area (Å²) in [7, 11) is 1.81. The van der Waals surface area contributed by atoms with Crippen LogP contribution < -0.4 is 5.32 Å². The van der Waals surface area contributed by atoms with Gasteiger partial charge in [0.1, 0.15) is 11.6 Å². The van der Waals surface area contributed by atoms with Crippen molar-refractivity contribution in [2.24, 2.45) is 0 Å². The molecule has 0 unspecified atom stereocenters. The Bertz CT molecular complexity index is 586. The Morgan fingerprint density at radius 2 is 1.50 bits per heavy atom.